The van der Waals surface area contributed by atoms with E-state index in [0.29, 0.717) is 0 Å². The first kappa shape index (κ1) is 14.7. The predicted molar refractivity (Wildman–Crippen MR) is 71.7 cm³/mol. The maximum absolute atomic E-state index is 12.1. The van der Waals surface area contributed by atoms with E-state index < -0.39 is 10.0 Å². The lowest BCUT2D eigenvalue weighted by atomic mass is 10.3. The summed E-state index contributed by atoms with van der Waals surface area (Å²) in [4.78, 5) is 0. The maximum Gasteiger partial charge on any atom is 0.272 e. The van der Waals surface area contributed by atoms with Crippen LogP contribution >= 0.6 is 23.1 Å². The van der Waals surface area contributed by atoms with E-state index in [2.05, 4.69) is 10.2 Å². The van der Waals surface area contributed by atoms with Crippen LogP contribution in [0, 0.1) is 0 Å². The molecule has 0 saturated carbocycles. The number of thioether (sulfide) groups is 1. The lowest BCUT2D eigenvalue weighted by Gasteiger charge is -2.22. The SMILES string of the molecule is CSCCC(C)N(C)S(=O)(=O)c1nnc(N)s1. The average Bonchev–Trinajstić information content (AvgIpc) is 2.72. The molecule has 1 aromatic heterocycles. The molecule has 0 bridgehead atoms. The number of nitrogens with zero attached hydrogens (tertiary/aromatic N) is 3. The number of nitrogen functional groups attached to an aromatic ring is 1. The fourth-order valence-electron chi connectivity index (χ4n) is 1.15. The Hall–Kier alpha value is -0.380. The number of anilines is 1. The first-order chi connectivity index (χ1) is 7.89. The van der Waals surface area contributed by atoms with Crippen molar-refractivity contribution in [3.63, 3.8) is 0 Å². The molecule has 0 spiro atoms. The van der Waals surface area contributed by atoms with Gasteiger partial charge in [0.25, 0.3) is 10.0 Å². The smallest absolute Gasteiger partial charge is 0.272 e. The summed E-state index contributed by atoms with van der Waals surface area (Å²) in [6.45, 7) is 1.87. The second kappa shape index (κ2) is 5.98. The number of sulfonamides is 1. The lowest BCUT2D eigenvalue weighted by molar-refractivity contribution is 0.382. The van der Waals surface area contributed by atoms with Crippen molar-refractivity contribution in [1.82, 2.24) is 14.5 Å². The highest BCUT2D eigenvalue weighted by Gasteiger charge is 2.28. The second-order valence-electron chi connectivity index (χ2n) is 3.56. The van der Waals surface area contributed by atoms with Crippen molar-refractivity contribution in [2.45, 2.75) is 23.7 Å². The van der Waals surface area contributed by atoms with Crippen molar-refractivity contribution in [2.24, 2.45) is 0 Å². The van der Waals surface area contributed by atoms with Crippen LogP contribution in [0.1, 0.15) is 13.3 Å². The van der Waals surface area contributed by atoms with Crippen LogP contribution in [-0.2, 0) is 10.0 Å². The van der Waals surface area contributed by atoms with Gasteiger partial charge in [0.15, 0.2) is 0 Å². The Balaban J connectivity index is 2.83. The molecule has 6 nitrogen and oxygen atoms in total. The summed E-state index contributed by atoms with van der Waals surface area (Å²) in [5.41, 5.74) is 5.39. The molecule has 0 aliphatic heterocycles. The zero-order valence-electron chi connectivity index (χ0n) is 9.95. The van der Waals surface area contributed by atoms with E-state index in [9.17, 15) is 8.42 Å². The van der Waals surface area contributed by atoms with Crippen molar-refractivity contribution in [3.8, 4) is 0 Å². The third-order valence-electron chi connectivity index (χ3n) is 2.38. The molecular weight excluding hydrogens is 280 g/mol. The zero-order valence-corrected chi connectivity index (χ0v) is 12.4. The van der Waals surface area contributed by atoms with Crippen LogP contribution in [0.15, 0.2) is 4.34 Å². The lowest BCUT2D eigenvalue weighted by Crippen LogP contribution is -2.35. The monoisotopic (exact) mass is 296 g/mol. The number of hydrogen-bond donors (Lipinski definition) is 1. The van der Waals surface area contributed by atoms with Gasteiger partial charge >= 0.3 is 0 Å². The van der Waals surface area contributed by atoms with Crippen LogP contribution in [0.4, 0.5) is 5.13 Å². The van der Waals surface area contributed by atoms with E-state index in [1.807, 2.05) is 13.2 Å². The second-order valence-corrected chi connectivity index (χ2v) is 7.72. The molecule has 1 unspecified atom stereocenters. The molecule has 17 heavy (non-hydrogen) atoms. The van der Waals surface area contributed by atoms with Gasteiger partial charge < -0.3 is 5.73 Å². The van der Waals surface area contributed by atoms with Gasteiger partial charge in [-0.1, -0.05) is 11.3 Å². The molecule has 0 aromatic carbocycles. The Kier molecular flexibility index (Phi) is 5.17. The molecule has 0 aliphatic carbocycles. The summed E-state index contributed by atoms with van der Waals surface area (Å²) in [7, 11) is -2.01. The molecule has 2 N–H and O–H groups in total. The molecule has 1 heterocycles. The highest BCUT2D eigenvalue weighted by molar-refractivity contribution is 7.98. The molecule has 9 heteroatoms. The van der Waals surface area contributed by atoms with Crippen LogP contribution in [-0.4, -0.2) is 48.0 Å². The number of nitrogens with two attached hydrogens (primary N) is 1. The molecule has 98 valence electrons. The van der Waals surface area contributed by atoms with E-state index in [4.69, 9.17) is 5.73 Å². The Morgan fingerprint density at radius 3 is 2.65 bits per heavy atom. The molecule has 0 radical (unpaired) electrons. The van der Waals surface area contributed by atoms with E-state index >= 15 is 0 Å². The summed E-state index contributed by atoms with van der Waals surface area (Å²) >= 11 is 2.58. The molecule has 0 amide bonds. The van der Waals surface area contributed by atoms with E-state index in [1.165, 1.54) is 4.31 Å². The van der Waals surface area contributed by atoms with Crippen molar-refractivity contribution >= 4 is 38.3 Å². The van der Waals surface area contributed by atoms with E-state index in [-0.39, 0.29) is 15.5 Å². The fraction of sp³-hybridized carbons (Fsp3) is 0.750. The largest absolute Gasteiger partial charge is 0.374 e. The number of aromatic nitrogens is 2. The van der Waals surface area contributed by atoms with Gasteiger partial charge in [0.05, 0.1) is 0 Å². The van der Waals surface area contributed by atoms with Gasteiger partial charge in [-0.15, -0.1) is 10.2 Å². The van der Waals surface area contributed by atoms with Crippen molar-refractivity contribution < 1.29 is 8.42 Å². The highest BCUT2D eigenvalue weighted by Crippen LogP contribution is 2.22. The summed E-state index contributed by atoms with van der Waals surface area (Å²) in [6, 6.07) is -0.0717. The minimum Gasteiger partial charge on any atom is -0.374 e. The minimum absolute atomic E-state index is 0.0477. The maximum atomic E-state index is 12.1. The first-order valence-corrected chi connectivity index (χ1v) is 8.60. The third-order valence-corrected chi connectivity index (χ3v) is 6.10. The van der Waals surface area contributed by atoms with E-state index in [1.54, 1.807) is 18.8 Å². The number of hydrogen-bond acceptors (Lipinski definition) is 7. The van der Waals surface area contributed by atoms with Gasteiger partial charge in [0, 0.05) is 13.1 Å². The van der Waals surface area contributed by atoms with Crippen molar-refractivity contribution in [2.75, 3.05) is 24.8 Å². The van der Waals surface area contributed by atoms with Gasteiger partial charge in [-0.2, -0.15) is 16.1 Å². The molecule has 0 saturated heterocycles. The predicted octanol–water partition coefficient (Wildman–Crippen LogP) is 0.882. The molecule has 0 fully saturated rings. The Morgan fingerprint density at radius 2 is 2.18 bits per heavy atom. The van der Waals surface area contributed by atoms with Gasteiger partial charge in [-0.05, 0) is 25.4 Å². The minimum atomic E-state index is -3.56. The zero-order chi connectivity index (χ0) is 13.1. The Labute approximate surface area is 110 Å². The van der Waals surface area contributed by atoms with Crippen LogP contribution < -0.4 is 5.73 Å². The quantitative estimate of drug-likeness (QED) is 0.838. The van der Waals surface area contributed by atoms with Crippen LogP contribution in [0.25, 0.3) is 0 Å². The molecule has 0 aliphatic rings. The van der Waals surface area contributed by atoms with Crippen LogP contribution in [0.2, 0.25) is 0 Å². The highest BCUT2D eigenvalue weighted by atomic mass is 32.2. The average molecular weight is 296 g/mol. The first-order valence-electron chi connectivity index (χ1n) is 4.95. The standard InChI is InChI=1S/C8H16N4O2S3/c1-6(4-5-15-3)12(2)17(13,14)8-11-10-7(9)16-8/h6H,4-5H2,1-3H3,(H2,9,10). The van der Waals surface area contributed by atoms with Crippen LogP contribution in [0.3, 0.4) is 0 Å². The summed E-state index contributed by atoms with van der Waals surface area (Å²) in [5, 5.41) is 7.26. The van der Waals surface area contributed by atoms with Gasteiger partial charge in [0.1, 0.15) is 0 Å². The number of rotatable bonds is 6. The summed E-state index contributed by atoms with van der Waals surface area (Å²) in [5.74, 6) is 0.916. The molecule has 1 atom stereocenters. The molecular formula is C8H16N4O2S3. The molecule has 1 rings (SSSR count). The van der Waals surface area contributed by atoms with Crippen LogP contribution in [0.5, 0.6) is 0 Å². The summed E-state index contributed by atoms with van der Waals surface area (Å²) in [6.07, 6.45) is 2.79. The van der Waals surface area contributed by atoms with Crippen molar-refractivity contribution in [1.29, 1.82) is 0 Å². The Bertz CT molecular complexity index is 459. The van der Waals surface area contributed by atoms with Gasteiger partial charge in [-0.3, -0.25) is 0 Å². The third kappa shape index (κ3) is 3.54. The topological polar surface area (TPSA) is 89.2 Å². The summed E-state index contributed by atoms with van der Waals surface area (Å²) < 4.78 is 25.5. The van der Waals surface area contributed by atoms with Gasteiger partial charge in [0.2, 0.25) is 9.47 Å². The van der Waals surface area contributed by atoms with E-state index in [0.717, 1.165) is 23.5 Å². The molecule has 1 aromatic rings. The van der Waals surface area contributed by atoms with Gasteiger partial charge in [-0.25, -0.2) is 8.42 Å². The normalized spacial score (nSPS) is 14.1. The fourth-order valence-corrected chi connectivity index (χ4v) is 4.07. The van der Waals surface area contributed by atoms with Crippen molar-refractivity contribution in [3.05, 3.63) is 0 Å². The Morgan fingerprint density at radius 1 is 1.53 bits per heavy atom.